The summed E-state index contributed by atoms with van der Waals surface area (Å²) in [5.41, 5.74) is 9.98. The molecule has 6 nitrogen and oxygen atoms in total. The molecule has 0 spiro atoms. The van der Waals surface area contributed by atoms with Gasteiger partial charge in [0.05, 0.1) is 35.2 Å². The molecule has 0 saturated carbocycles. The Morgan fingerprint density at radius 3 is 1.51 bits per heavy atom. The normalized spacial score (nSPS) is 13.4. The van der Waals surface area contributed by atoms with E-state index in [1.165, 1.54) is 59.3 Å². The largest absolute Gasteiger partial charge is 0.247 e. The van der Waals surface area contributed by atoms with Crippen molar-refractivity contribution in [1.29, 1.82) is 0 Å². The molecular formula is C33H30N6S2. The Labute approximate surface area is 247 Å². The molecule has 0 atom stereocenters. The average Bonchev–Trinajstić information content (AvgIpc) is 3.81. The number of hydrogen-bond acceptors (Lipinski definition) is 6. The fourth-order valence-corrected chi connectivity index (χ4v) is 7.67. The summed E-state index contributed by atoms with van der Waals surface area (Å²) in [5, 5.41) is 17.8. The molecule has 1 aliphatic carbocycles. The van der Waals surface area contributed by atoms with Crippen molar-refractivity contribution in [3.05, 3.63) is 117 Å². The van der Waals surface area contributed by atoms with Crippen molar-refractivity contribution < 1.29 is 0 Å². The van der Waals surface area contributed by atoms with Crippen LogP contribution < -0.4 is 0 Å². The lowest BCUT2D eigenvalue weighted by Crippen LogP contribution is -1.99. The summed E-state index contributed by atoms with van der Waals surface area (Å²) in [6, 6.07) is 25.4. The number of aryl methyl sites for hydroxylation is 2. The Morgan fingerprint density at radius 1 is 0.634 bits per heavy atom. The summed E-state index contributed by atoms with van der Waals surface area (Å²) < 4.78 is 3.85. The average molecular weight is 575 g/mol. The van der Waals surface area contributed by atoms with E-state index in [0.717, 1.165) is 37.3 Å². The number of thiophene rings is 2. The highest BCUT2D eigenvalue weighted by Gasteiger charge is 2.24. The zero-order chi connectivity index (χ0) is 27.8. The van der Waals surface area contributed by atoms with Gasteiger partial charge in [0, 0.05) is 9.75 Å². The molecular weight excluding hydrogens is 545 g/mol. The second kappa shape index (κ2) is 11.0. The Hall–Kier alpha value is -4.14. The maximum Gasteiger partial charge on any atom is 0.123 e. The molecule has 0 unspecified atom stereocenters. The molecule has 4 heterocycles. The molecule has 7 rings (SSSR count). The van der Waals surface area contributed by atoms with E-state index in [1.807, 2.05) is 44.2 Å². The maximum atomic E-state index is 4.51. The van der Waals surface area contributed by atoms with E-state index in [1.54, 1.807) is 0 Å². The number of benzene rings is 2. The second-order valence-electron chi connectivity index (χ2n) is 10.5. The summed E-state index contributed by atoms with van der Waals surface area (Å²) in [6.45, 7) is 5.91. The predicted octanol–water partition coefficient (Wildman–Crippen LogP) is 8.13. The van der Waals surface area contributed by atoms with Crippen LogP contribution in [0.5, 0.6) is 0 Å². The zero-order valence-corrected chi connectivity index (χ0v) is 24.8. The monoisotopic (exact) mass is 574 g/mol. The van der Waals surface area contributed by atoms with Gasteiger partial charge in [-0.25, -0.2) is 9.36 Å². The highest BCUT2D eigenvalue weighted by atomic mass is 32.1. The summed E-state index contributed by atoms with van der Waals surface area (Å²) >= 11 is 3.62. The van der Waals surface area contributed by atoms with Gasteiger partial charge in [0.25, 0.3) is 0 Å². The predicted molar refractivity (Wildman–Crippen MR) is 168 cm³/mol. The van der Waals surface area contributed by atoms with Crippen molar-refractivity contribution in [3.63, 3.8) is 0 Å². The molecule has 0 bridgehead atoms. The van der Waals surface area contributed by atoms with Crippen LogP contribution in [0.25, 0.3) is 32.3 Å². The van der Waals surface area contributed by atoms with Crippen LogP contribution in [0.15, 0.2) is 85.2 Å². The zero-order valence-electron chi connectivity index (χ0n) is 23.1. The van der Waals surface area contributed by atoms with Crippen LogP contribution in [-0.4, -0.2) is 30.0 Å². The third-order valence-electron chi connectivity index (χ3n) is 7.66. The summed E-state index contributed by atoms with van der Waals surface area (Å²) in [6.07, 6.45) is 7.51. The SMILES string of the molecule is Cc1sc(-c2cn(Cc3ccccc3)nn2)cc1C1=C(c2cc(-c3cn(Cc4ccccc4)nn3)sc2C)CCC1. The van der Waals surface area contributed by atoms with Crippen LogP contribution in [0, 0.1) is 13.8 Å². The van der Waals surface area contributed by atoms with Crippen LogP contribution in [0.1, 0.15) is 51.3 Å². The standard InChI is InChI=1S/C33H30N6S2/c1-22-28(16-32(40-22)30-20-38(36-34-30)18-24-10-5-3-6-11-24)26-14-9-15-27(26)29-17-33(41-23(29)2)31-21-39(37-35-31)19-25-12-7-4-8-13-25/h3-8,10-13,16-17,20-21H,9,14-15,18-19H2,1-2H3. The van der Waals surface area contributed by atoms with E-state index in [2.05, 4.69) is 108 Å². The number of allylic oxidation sites excluding steroid dienone is 2. The molecule has 41 heavy (non-hydrogen) atoms. The van der Waals surface area contributed by atoms with Crippen molar-refractivity contribution >= 4 is 33.8 Å². The van der Waals surface area contributed by atoms with Gasteiger partial charge in [-0.2, -0.15) is 0 Å². The van der Waals surface area contributed by atoms with Crippen molar-refractivity contribution in [3.8, 4) is 21.1 Å². The first-order valence-electron chi connectivity index (χ1n) is 13.9. The van der Waals surface area contributed by atoms with E-state index >= 15 is 0 Å². The number of rotatable bonds is 8. The Kier molecular flexibility index (Phi) is 6.94. The molecule has 0 amide bonds. The molecule has 6 aromatic rings. The molecule has 0 saturated heterocycles. The van der Waals surface area contributed by atoms with Crippen LogP contribution in [-0.2, 0) is 13.1 Å². The van der Waals surface area contributed by atoms with Gasteiger partial charge in [-0.3, -0.25) is 0 Å². The van der Waals surface area contributed by atoms with Gasteiger partial charge in [0.15, 0.2) is 0 Å². The molecule has 1 aliphatic rings. The first kappa shape index (κ1) is 25.8. The van der Waals surface area contributed by atoms with Gasteiger partial charge in [-0.05, 0) is 78.6 Å². The van der Waals surface area contributed by atoms with Gasteiger partial charge in [0.2, 0.25) is 0 Å². The minimum absolute atomic E-state index is 0.722. The van der Waals surface area contributed by atoms with E-state index in [0.29, 0.717) is 0 Å². The van der Waals surface area contributed by atoms with Gasteiger partial charge >= 0.3 is 0 Å². The lowest BCUT2D eigenvalue weighted by atomic mass is 9.97. The summed E-state index contributed by atoms with van der Waals surface area (Å²) in [4.78, 5) is 5.02. The van der Waals surface area contributed by atoms with Crippen LogP contribution >= 0.6 is 22.7 Å². The smallest absolute Gasteiger partial charge is 0.123 e. The van der Waals surface area contributed by atoms with E-state index in [9.17, 15) is 0 Å². The fourth-order valence-electron chi connectivity index (χ4n) is 5.67. The number of hydrogen-bond donors (Lipinski definition) is 0. The van der Waals surface area contributed by atoms with Crippen molar-refractivity contribution in [2.45, 2.75) is 46.2 Å². The lowest BCUT2D eigenvalue weighted by Gasteiger charge is -2.07. The molecule has 204 valence electrons. The van der Waals surface area contributed by atoms with Crippen LogP contribution in [0.4, 0.5) is 0 Å². The van der Waals surface area contributed by atoms with Crippen molar-refractivity contribution in [2.24, 2.45) is 0 Å². The van der Waals surface area contributed by atoms with Crippen molar-refractivity contribution in [2.75, 3.05) is 0 Å². The minimum Gasteiger partial charge on any atom is -0.247 e. The third-order valence-corrected chi connectivity index (χ3v) is 9.81. The first-order chi connectivity index (χ1) is 20.1. The summed E-state index contributed by atoms with van der Waals surface area (Å²) in [5.74, 6) is 0. The first-order valence-corrected chi connectivity index (χ1v) is 15.6. The Morgan fingerprint density at radius 2 is 1.07 bits per heavy atom. The molecule has 2 aromatic carbocycles. The van der Waals surface area contributed by atoms with Gasteiger partial charge in [-0.1, -0.05) is 71.1 Å². The minimum atomic E-state index is 0.722. The molecule has 0 fully saturated rings. The third kappa shape index (κ3) is 5.33. The highest BCUT2D eigenvalue weighted by molar-refractivity contribution is 7.16. The molecule has 0 N–H and O–H groups in total. The van der Waals surface area contributed by atoms with Gasteiger partial charge in [-0.15, -0.1) is 32.9 Å². The van der Waals surface area contributed by atoms with Crippen molar-refractivity contribution in [1.82, 2.24) is 30.0 Å². The molecule has 0 aliphatic heterocycles. The van der Waals surface area contributed by atoms with E-state index in [-0.39, 0.29) is 0 Å². The van der Waals surface area contributed by atoms with Crippen LogP contribution in [0.2, 0.25) is 0 Å². The molecule has 8 heteroatoms. The van der Waals surface area contributed by atoms with Crippen LogP contribution in [0.3, 0.4) is 0 Å². The van der Waals surface area contributed by atoms with E-state index < -0.39 is 0 Å². The highest BCUT2D eigenvalue weighted by Crippen LogP contribution is 2.46. The Balaban J connectivity index is 1.15. The second-order valence-corrected chi connectivity index (χ2v) is 13.1. The molecule has 0 radical (unpaired) electrons. The number of nitrogens with zero attached hydrogens (tertiary/aromatic N) is 6. The Bertz CT molecular complexity index is 1700. The molecule has 4 aromatic heterocycles. The van der Waals surface area contributed by atoms with E-state index in [4.69, 9.17) is 0 Å². The number of aromatic nitrogens is 6. The summed E-state index contributed by atoms with van der Waals surface area (Å²) in [7, 11) is 0. The maximum absolute atomic E-state index is 4.51. The fraction of sp³-hybridized carbons (Fsp3) is 0.212. The van der Waals surface area contributed by atoms with Gasteiger partial charge in [0.1, 0.15) is 11.4 Å². The quantitative estimate of drug-likeness (QED) is 0.184. The lowest BCUT2D eigenvalue weighted by molar-refractivity contribution is 0.650. The van der Waals surface area contributed by atoms with Gasteiger partial charge < -0.3 is 0 Å². The topological polar surface area (TPSA) is 61.4 Å².